The third kappa shape index (κ3) is 1.38. The molecule has 3 rings (SSSR count). The SMILES string of the molecule is Cc1nc(-c2cccnc2)c(N)n1C1CC1. The van der Waals surface area contributed by atoms with Crippen LogP contribution in [-0.4, -0.2) is 14.5 Å². The Labute approximate surface area is 94.1 Å². The van der Waals surface area contributed by atoms with E-state index in [-0.39, 0.29) is 0 Å². The van der Waals surface area contributed by atoms with Crippen LogP contribution in [0, 0.1) is 6.92 Å². The van der Waals surface area contributed by atoms with E-state index in [2.05, 4.69) is 14.5 Å². The first-order chi connectivity index (χ1) is 7.77. The highest BCUT2D eigenvalue weighted by atomic mass is 15.2. The van der Waals surface area contributed by atoms with E-state index in [1.807, 2.05) is 19.1 Å². The van der Waals surface area contributed by atoms with Crippen LogP contribution in [0.25, 0.3) is 11.3 Å². The maximum absolute atomic E-state index is 6.15. The first kappa shape index (κ1) is 9.39. The van der Waals surface area contributed by atoms with Gasteiger partial charge >= 0.3 is 0 Å². The Morgan fingerprint density at radius 2 is 2.25 bits per heavy atom. The largest absolute Gasteiger partial charge is 0.383 e. The third-order valence-corrected chi connectivity index (χ3v) is 2.97. The highest BCUT2D eigenvalue weighted by Gasteiger charge is 2.28. The Kier molecular flexibility index (Phi) is 1.96. The van der Waals surface area contributed by atoms with Gasteiger partial charge in [0.15, 0.2) is 0 Å². The van der Waals surface area contributed by atoms with Gasteiger partial charge in [-0.2, -0.15) is 0 Å². The van der Waals surface area contributed by atoms with Crippen molar-refractivity contribution in [1.29, 1.82) is 0 Å². The number of hydrogen-bond donors (Lipinski definition) is 1. The fraction of sp³-hybridized carbons (Fsp3) is 0.333. The second kappa shape index (κ2) is 3.33. The minimum absolute atomic E-state index is 0.568. The van der Waals surface area contributed by atoms with Gasteiger partial charge in [-0.25, -0.2) is 4.98 Å². The van der Waals surface area contributed by atoms with Gasteiger partial charge in [0.25, 0.3) is 0 Å². The van der Waals surface area contributed by atoms with Gasteiger partial charge in [0.1, 0.15) is 17.3 Å². The van der Waals surface area contributed by atoms with Gasteiger partial charge < -0.3 is 10.3 Å². The fourth-order valence-corrected chi connectivity index (χ4v) is 2.07. The molecule has 0 atom stereocenters. The number of nitrogens with zero attached hydrogens (tertiary/aromatic N) is 3. The number of pyridine rings is 1. The second-order valence-corrected chi connectivity index (χ2v) is 4.24. The fourth-order valence-electron chi connectivity index (χ4n) is 2.07. The molecular formula is C12H14N4. The van der Waals surface area contributed by atoms with Crippen molar-refractivity contribution in [2.45, 2.75) is 25.8 Å². The van der Waals surface area contributed by atoms with E-state index >= 15 is 0 Å². The number of aryl methyl sites for hydroxylation is 1. The van der Waals surface area contributed by atoms with Crippen molar-refractivity contribution in [3.05, 3.63) is 30.4 Å². The van der Waals surface area contributed by atoms with Crippen molar-refractivity contribution in [3.8, 4) is 11.3 Å². The number of nitrogens with two attached hydrogens (primary N) is 1. The van der Waals surface area contributed by atoms with E-state index in [1.165, 1.54) is 12.8 Å². The third-order valence-electron chi connectivity index (χ3n) is 2.97. The standard InChI is InChI=1S/C12H14N4/c1-8-15-11(9-3-2-6-14-7-9)12(13)16(8)10-4-5-10/h2-3,6-7,10H,4-5,13H2,1H3. The Balaban J connectivity index is 2.12. The summed E-state index contributed by atoms with van der Waals surface area (Å²) in [6.07, 6.45) is 5.99. The summed E-state index contributed by atoms with van der Waals surface area (Å²) in [5.41, 5.74) is 8.00. The zero-order valence-corrected chi connectivity index (χ0v) is 9.22. The van der Waals surface area contributed by atoms with Crippen LogP contribution >= 0.6 is 0 Å². The molecule has 0 bridgehead atoms. The van der Waals surface area contributed by atoms with Gasteiger partial charge in [-0.05, 0) is 31.9 Å². The van der Waals surface area contributed by atoms with Gasteiger partial charge in [-0.1, -0.05) is 0 Å². The van der Waals surface area contributed by atoms with Crippen LogP contribution in [0.2, 0.25) is 0 Å². The lowest BCUT2D eigenvalue weighted by Crippen LogP contribution is -2.02. The van der Waals surface area contributed by atoms with E-state index in [0.717, 1.165) is 22.9 Å². The van der Waals surface area contributed by atoms with Crippen LogP contribution in [0.5, 0.6) is 0 Å². The molecule has 82 valence electrons. The van der Waals surface area contributed by atoms with Crippen molar-refractivity contribution >= 4 is 5.82 Å². The van der Waals surface area contributed by atoms with Crippen molar-refractivity contribution in [1.82, 2.24) is 14.5 Å². The average Bonchev–Trinajstić information content (AvgIpc) is 3.07. The molecular weight excluding hydrogens is 200 g/mol. The van der Waals surface area contributed by atoms with Crippen molar-refractivity contribution in [2.24, 2.45) is 0 Å². The molecule has 0 unspecified atom stereocenters. The van der Waals surface area contributed by atoms with Crippen LogP contribution in [0.1, 0.15) is 24.7 Å². The quantitative estimate of drug-likeness (QED) is 0.833. The molecule has 0 amide bonds. The first-order valence-electron chi connectivity index (χ1n) is 5.52. The Bertz CT molecular complexity index is 511. The summed E-state index contributed by atoms with van der Waals surface area (Å²) in [5, 5.41) is 0. The number of hydrogen-bond acceptors (Lipinski definition) is 3. The molecule has 0 saturated heterocycles. The summed E-state index contributed by atoms with van der Waals surface area (Å²) in [6, 6.07) is 4.46. The molecule has 0 aromatic carbocycles. The molecule has 0 spiro atoms. The highest BCUT2D eigenvalue weighted by molar-refractivity contribution is 5.70. The maximum atomic E-state index is 6.15. The van der Waals surface area contributed by atoms with Gasteiger partial charge in [0, 0.05) is 24.0 Å². The molecule has 2 heterocycles. The minimum atomic E-state index is 0.568. The zero-order chi connectivity index (χ0) is 11.1. The van der Waals surface area contributed by atoms with Crippen LogP contribution in [0.15, 0.2) is 24.5 Å². The van der Waals surface area contributed by atoms with Gasteiger partial charge in [0.2, 0.25) is 0 Å². The molecule has 16 heavy (non-hydrogen) atoms. The van der Waals surface area contributed by atoms with E-state index in [0.29, 0.717) is 6.04 Å². The monoisotopic (exact) mass is 214 g/mol. The molecule has 2 N–H and O–H groups in total. The molecule has 0 radical (unpaired) electrons. The van der Waals surface area contributed by atoms with E-state index in [4.69, 9.17) is 5.73 Å². The normalized spacial score (nSPS) is 15.3. The molecule has 1 fully saturated rings. The smallest absolute Gasteiger partial charge is 0.132 e. The Hall–Kier alpha value is -1.84. The average molecular weight is 214 g/mol. The van der Waals surface area contributed by atoms with Gasteiger partial charge in [0.05, 0.1) is 0 Å². The number of imidazole rings is 1. The molecule has 1 aliphatic rings. The molecule has 4 heteroatoms. The number of nitrogen functional groups attached to an aromatic ring is 1. The minimum Gasteiger partial charge on any atom is -0.383 e. The summed E-state index contributed by atoms with van der Waals surface area (Å²) in [4.78, 5) is 8.64. The predicted octanol–water partition coefficient (Wildman–Crippen LogP) is 2.17. The lowest BCUT2D eigenvalue weighted by atomic mass is 10.2. The molecule has 1 saturated carbocycles. The lowest BCUT2D eigenvalue weighted by molar-refractivity contribution is 0.720. The first-order valence-corrected chi connectivity index (χ1v) is 5.52. The maximum Gasteiger partial charge on any atom is 0.132 e. The van der Waals surface area contributed by atoms with E-state index in [9.17, 15) is 0 Å². The predicted molar refractivity (Wildman–Crippen MR) is 62.9 cm³/mol. The number of rotatable bonds is 2. The second-order valence-electron chi connectivity index (χ2n) is 4.24. The molecule has 1 aliphatic carbocycles. The number of anilines is 1. The summed E-state index contributed by atoms with van der Waals surface area (Å²) < 4.78 is 2.14. The lowest BCUT2D eigenvalue weighted by Gasteiger charge is -2.04. The topological polar surface area (TPSA) is 56.7 Å². The van der Waals surface area contributed by atoms with Gasteiger partial charge in [-0.15, -0.1) is 0 Å². The van der Waals surface area contributed by atoms with E-state index in [1.54, 1.807) is 12.4 Å². The molecule has 2 aromatic rings. The summed E-state index contributed by atoms with van der Waals surface area (Å²) >= 11 is 0. The van der Waals surface area contributed by atoms with E-state index < -0.39 is 0 Å². The summed E-state index contributed by atoms with van der Waals surface area (Å²) in [7, 11) is 0. The Morgan fingerprint density at radius 3 is 2.88 bits per heavy atom. The molecule has 2 aromatic heterocycles. The summed E-state index contributed by atoms with van der Waals surface area (Å²) in [6.45, 7) is 2.01. The van der Waals surface area contributed by atoms with Gasteiger partial charge in [-0.3, -0.25) is 4.98 Å². The van der Waals surface area contributed by atoms with Crippen LogP contribution in [-0.2, 0) is 0 Å². The van der Waals surface area contributed by atoms with Crippen molar-refractivity contribution in [2.75, 3.05) is 5.73 Å². The highest BCUT2D eigenvalue weighted by Crippen LogP contribution is 2.40. The van der Waals surface area contributed by atoms with Crippen LogP contribution in [0.3, 0.4) is 0 Å². The molecule has 0 aliphatic heterocycles. The van der Waals surface area contributed by atoms with Crippen LogP contribution < -0.4 is 5.73 Å². The number of aromatic nitrogens is 3. The Morgan fingerprint density at radius 1 is 1.44 bits per heavy atom. The van der Waals surface area contributed by atoms with Crippen molar-refractivity contribution < 1.29 is 0 Å². The zero-order valence-electron chi connectivity index (χ0n) is 9.22. The molecule has 4 nitrogen and oxygen atoms in total. The van der Waals surface area contributed by atoms with Crippen molar-refractivity contribution in [3.63, 3.8) is 0 Å². The summed E-state index contributed by atoms with van der Waals surface area (Å²) in [5.74, 6) is 1.77. The van der Waals surface area contributed by atoms with Crippen LogP contribution in [0.4, 0.5) is 5.82 Å².